The lowest BCUT2D eigenvalue weighted by atomic mass is 10.0. The Balaban J connectivity index is 2.31. The predicted molar refractivity (Wildman–Crippen MR) is 88.0 cm³/mol. The third-order valence-corrected chi connectivity index (χ3v) is 3.67. The van der Waals surface area contributed by atoms with Crippen molar-refractivity contribution in [3.63, 3.8) is 0 Å². The monoisotopic (exact) mass is 291 g/mol. The highest BCUT2D eigenvalue weighted by Crippen LogP contribution is 2.27. The molecule has 0 fully saturated rings. The number of nitrogens with zero attached hydrogens (tertiary/aromatic N) is 1. The van der Waals surface area contributed by atoms with Crippen molar-refractivity contribution in [2.45, 2.75) is 13.8 Å². The van der Waals surface area contributed by atoms with E-state index in [9.17, 15) is 4.79 Å². The first-order valence-corrected chi connectivity index (χ1v) is 7.15. The summed E-state index contributed by atoms with van der Waals surface area (Å²) < 4.78 is 4.93. The number of fused-ring (bicyclic) bond motifs is 1. The summed E-state index contributed by atoms with van der Waals surface area (Å²) in [6.45, 7) is 4.04. The second-order valence-corrected chi connectivity index (χ2v) is 5.44. The number of pyridine rings is 1. The van der Waals surface area contributed by atoms with Gasteiger partial charge in [-0.2, -0.15) is 0 Å². The van der Waals surface area contributed by atoms with Gasteiger partial charge in [-0.25, -0.2) is 9.78 Å². The summed E-state index contributed by atoms with van der Waals surface area (Å²) in [4.78, 5) is 16.9. The third kappa shape index (κ3) is 2.58. The van der Waals surface area contributed by atoms with Crippen LogP contribution in [0, 0.1) is 13.8 Å². The van der Waals surface area contributed by atoms with Crippen LogP contribution in [-0.4, -0.2) is 18.1 Å². The van der Waals surface area contributed by atoms with Crippen LogP contribution in [0.3, 0.4) is 0 Å². The summed E-state index contributed by atoms with van der Waals surface area (Å²) in [5.74, 6) is -0.368. The molecule has 0 saturated heterocycles. The second kappa shape index (κ2) is 5.60. The molecule has 3 rings (SSSR count). The maximum atomic E-state index is 12.2. The van der Waals surface area contributed by atoms with Crippen LogP contribution in [0.5, 0.6) is 0 Å². The molecule has 0 N–H and O–H groups in total. The van der Waals surface area contributed by atoms with Crippen LogP contribution < -0.4 is 0 Å². The number of benzene rings is 2. The van der Waals surface area contributed by atoms with E-state index in [-0.39, 0.29) is 5.97 Å². The summed E-state index contributed by atoms with van der Waals surface area (Å²) in [6, 6.07) is 15.8. The molecule has 0 unspecified atom stereocenters. The van der Waals surface area contributed by atoms with E-state index >= 15 is 0 Å². The number of hydrogen-bond acceptors (Lipinski definition) is 3. The first kappa shape index (κ1) is 14.3. The van der Waals surface area contributed by atoms with Crippen LogP contribution in [0.4, 0.5) is 0 Å². The van der Waals surface area contributed by atoms with Gasteiger partial charge < -0.3 is 4.74 Å². The van der Waals surface area contributed by atoms with Crippen LogP contribution in [0.1, 0.15) is 21.5 Å². The standard InChI is InChI=1S/C19H17NO2/c1-12-5-4-6-14(9-12)18-16(19(21)22-3)11-15-10-13(2)7-8-17(15)20-18/h4-11H,1-3H3. The topological polar surface area (TPSA) is 39.2 Å². The van der Waals surface area contributed by atoms with Gasteiger partial charge in [-0.05, 0) is 38.1 Å². The van der Waals surface area contributed by atoms with Gasteiger partial charge in [-0.15, -0.1) is 0 Å². The zero-order valence-electron chi connectivity index (χ0n) is 12.9. The number of hydrogen-bond donors (Lipinski definition) is 0. The minimum Gasteiger partial charge on any atom is -0.465 e. The number of carbonyl (C=O) groups excluding carboxylic acids is 1. The molecular formula is C19H17NO2. The lowest BCUT2D eigenvalue weighted by molar-refractivity contribution is 0.0601. The molecule has 0 amide bonds. The molecule has 0 spiro atoms. The van der Waals surface area contributed by atoms with Crippen molar-refractivity contribution in [3.05, 3.63) is 65.2 Å². The van der Waals surface area contributed by atoms with Crippen LogP contribution in [0.25, 0.3) is 22.2 Å². The summed E-state index contributed by atoms with van der Waals surface area (Å²) in [6.07, 6.45) is 0. The zero-order valence-corrected chi connectivity index (χ0v) is 12.9. The van der Waals surface area contributed by atoms with Gasteiger partial charge in [0.15, 0.2) is 0 Å². The van der Waals surface area contributed by atoms with Gasteiger partial charge >= 0.3 is 5.97 Å². The molecule has 0 bridgehead atoms. The number of ether oxygens (including phenoxy) is 1. The van der Waals surface area contributed by atoms with Gasteiger partial charge in [0, 0.05) is 10.9 Å². The molecule has 3 heteroatoms. The van der Waals surface area contributed by atoms with Gasteiger partial charge in [-0.1, -0.05) is 35.4 Å². The summed E-state index contributed by atoms with van der Waals surface area (Å²) in [7, 11) is 1.39. The number of methoxy groups -OCH3 is 1. The van der Waals surface area contributed by atoms with E-state index in [2.05, 4.69) is 0 Å². The normalized spacial score (nSPS) is 10.7. The molecule has 0 aliphatic heterocycles. The Bertz CT molecular complexity index is 868. The minimum absolute atomic E-state index is 0.368. The van der Waals surface area contributed by atoms with E-state index in [1.54, 1.807) is 0 Å². The number of esters is 1. The molecule has 1 heterocycles. The van der Waals surface area contributed by atoms with Gasteiger partial charge in [0.1, 0.15) is 0 Å². The molecule has 110 valence electrons. The summed E-state index contributed by atoms with van der Waals surface area (Å²) in [5, 5.41) is 0.941. The fourth-order valence-electron chi connectivity index (χ4n) is 2.57. The molecule has 3 nitrogen and oxygen atoms in total. The molecule has 0 aliphatic rings. The predicted octanol–water partition coefficient (Wildman–Crippen LogP) is 4.31. The highest BCUT2D eigenvalue weighted by Gasteiger charge is 2.16. The van der Waals surface area contributed by atoms with Crippen molar-refractivity contribution in [1.82, 2.24) is 4.98 Å². The molecule has 3 aromatic rings. The summed E-state index contributed by atoms with van der Waals surface area (Å²) in [5.41, 5.74) is 5.20. The highest BCUT2D eigenvalue weighted by atomic mass is 16.5. The molecule has 0 atom stereocenters. The molecule has 22 heavy (non-hydrogen) atoms. The van der Waals surface area contributed by atoms with Crippen molar-refractivity contribution in [3.8, 4) is 11.3 Å². The first-order chi connectivity index (χ1) is 10.6. The van der Waals surface area contributed by atoms with Gasteiger partial charge in [0.2, 0.25) is 0 Å². The van der Waals surface area contributed by atoms with E-state index in [1.807, 2.05) is 62.4 Å². The van der Waals surface area contributed by atoms with Crippen molar-refractivity contribution < 1.29 is 9.53 Å². The largest absolute Gasteiger partial charge is 0.465 e. The Labute approximate surface area is 129 Å². The SMILES string of the molecule is COC(=O)c1cc2cc(C)ccc2nc1-c1cccc(C)c1. The summed E-state index contributed by atoms with van der Waals surface area (Å²) >= 11 is 0. The van der Waals surface area contributed by atoms with Gasteiger partial charge in [-0.3, -0.25) is 0 Å². The Kier molecular flexibility index (Phi) is 3.63. The molecule has 0 aliphatic carbocycles. The van der Waals surface area contributed by atoms with E-state index < -0.39 is 0 Å². The second-order valence-electron chi connectivity index (χ2n) is 5.44. The number of aryl methyl sites for hydroxylation is 2. The third-order valence-electron chi connectivity index (χ3n) is 3.67. The number of rotatable bonds is 2. The minimum atomic E-state index is -0.368. The maximum Gasteiger partial charge on any atom is 0.340 e. The number of carbonyl (C=O) groups is 1. The molecular weight excluding hydrogens is 274 g/mol. The van der Waals surface area contributed by atoms with Gasteiger partial charge in [0.05, 0.1) is 23.9 Å². The van der Waals surface area contributed by atoms with E-state index in [0.29, 0.717) is 11.3 Å². The number of aromatic nitrogens is 1. The Hall–Kier alpha value is -2.68. The quantitative estimate of drug-likeness (QED) is 0.661. The van der Waals surface area contributed by atoms with E-state index in [1.165, 1.54) is 7.11 Å². The fourth-order valence-corrected chi connectivity index (χ4v) is 2.57. The van der Waals surface area contributed by atoms with E-state index in [4.69, 9.17) is 9.72 Å². The zero-order chi connectivity index (χ0) is 15.7. The molecule has 1 aromatic heterocycles. The lowest BCUT2D eigenvalue weighted by Gasteiger charge is -2.10. The average Bonchev–Trinajstić information content (AvgIpc) is 2.52. The van der Waals surface area contributed by atoms with Crippen LogP contribution >= 0.6 is 0 Å². The molecule has 0 saturated carbocycles. The van der Waals surface area contributed by atoms with Crippen LogP contribution in [0.15, 0.2) is 48.5 Å². The lowest BCUT2D eigenvalue weighted by Crippen LogP contribution is -2.05. The van der Waals surface area contributed by atoms with Crippen molar-refractivity contribution in [1.29, 1.82) is 0 Å². The maximum absolute atomic E-state index is 12.2. The Morgan fingerprint density at radius 3 is 2.50 bits per heavy atom. The molecule has 2 aromatic carbocycles. The Morgan fingerprint density at radius 2 is 1.77 bits per heavy atom. The van der Waals surface area contributed by atoms with Crippen molar-refractivity contribution in [2.24, 2.45) is 0 Å². The van der Waals surface area contributed by atoms with Crippen LogP contribution in [-0.2, 0) is 4.74 Å². The average molecular weight is 291 g/mol. The van der Waals surface area contributed by atoms with Crippen LogP contribution in [0.2, 0.25) is 0 Å². The smallest absolute Gasteiger partial charge is 0.340 e. The Morgan fingerprint density at radius 1 is 1.00 bits per heavy atom. The van der Waals surface area contributed by atoms with Crippen molar-refractivity contribution >= 4 is 16.9 Å². The highest BCUT2D eigenvalue weighted by molar-refractivity contribution is 6.00. The van der Waals surface area contributed by atoms with Crippen molar-refractivity contribution in [2.75, 3.05) is 7.11 Å². The first-order valence-electron chi connectivity index (χ1n) is 7.15. The fraction of sp³-hybridized carbons (Fsp3) is 0.158. The van der Waals surface area contributed by atoms with E-state index in [0.717, 1.165) is 27.6 Å². The van der Waals surface area contributed by atoms with Gasteiger partial charge in [0.25, 0.3) is 0 Å². The molecule has 0 radical (unpaired) electrons.